The fourth-order valence-electron chi connectivity index (χ4n) is 9.75. The van der Waals surface area contributed by atoms with E-state index in [4.69, 9.17) is 24.2 Å². The van der Waals surface area contributed by atoms with Gasteiger partial charge >= 0.3 is 6.09 Å². The Morgan fingerprint density at radius 2 is 1.76 bits per heavy atom. The van der Waals surface area contributed by atoms with Gasteiger partial charge in [0.1, 0.15) is 40.8 Å². The van der Waals surface area contributed by atoms with Crippen molar-refractivity contribution in [3.8, 4) is 11.6 Å². The summed E-state index contributed by atoms with van der Waals surface area (Å²) in [5, 5.41) is 5.26. The molecule has 8 unspecified atom stereocenters. The van der Waals surface area contributed by atoms with E-state index in [2.05, 4.69) is 15.4 Å². The summed E-state index contributed by atoms with van der Waals surface area (Å²) < 4.78 is 46.6. The predicted octanol–water partition coefficient (Wildman–Crippen LogP) is 5.33. The van der Waals surface area contributed by atoms with Gasteiger partial charge in [-0.1, -0.05) is 53.9 Å². The first-order valence-electron chi connectivity index (χ1n) is 21.6. The summed E-state index contributed by atoms with van der Waals surface area (Å²) in [5.41, 5.74) is -1.03. The Hall–Kier alpha value is -4.21. The SMILES string of the molecule is CCC1C2CN(C(=O)C(C(C)(C)C)NC(=O)OC3(C)CCCC3CCCCCc3nc4ccc(OC)cc4nc3O2)C1C(=O)NC1(C(=O)NS(=O)(=O)C2CC2)CC1CC. The minimum atomic E-state index is -3.89. The van der Waals surface area contributed by atoms with E-state index in [1.165, 1.54) is 4.90 Å². The molecule has 2 bridgehead atoms. The average Bonchev–Trinajstić information content (AvgIpc) is 4.09. The summed E-state index contributed by atoms with van der Waals surface area (Å²) in [4.78, 5) is 69.0. The largest absolute Gasteiger partial charge is 0.497 e. The molecule has 4 amide bonds. The molecule has 15 nitrogen and oxygen atoms in total. The molecule has 324 valence electrons. The third-order valence-electron chi connectivity index (χ3n) is 13.6. The summed E-state index contributed by atoms with van der Waals surface area (Å²) in [6.45, 7) is 11.3. The van der Waals surface area contributed by atoms with Crippen molar-refractivity contribution in [1.82, 2.24) is 30.2 Å². The quantitative estimate of drug-likeness (QED) is 0.311. The molecule has 3 aliphatic carbocycles. The summed E-state index contributed by atoms with van der Waals surface area (Å²) in [6.07, 6.45) is 7.50. The van der Waals surface area contributed by atoms with E-state index in [-0.39, 0.29) is 24.8 Å². The molecule has 1 aromatic carbocycles. The van der Waals surface area contributed by atoms with Crippen molar-refractivity contribution in [3.63, 3.8) is 0 Å². The number of aryl methyl sites for hydroxylation is 1. The number of aromatic nitrogens is 2. The number of nitrogens with one attached hydrogen (secondary N) is 3. The molecule has 3 saturated carbocycles. The Labute approximate surface area is 347 Å². The molecular formula is C43H62N6O9S. The van der Waals surface area contributed by atoms with E-state index in [9.17, 15) is 22.8 Å². The average molecular weight is 839 g/mol. The van der Waals surface area contributed by atoms with Gasteiger partial charge in [0.2, 0.25) is 27.7 Å². The molecule has 0 radical (unpaired) electrons. The van der Waals surface area contributed by atoms with Crippen molar-refractivity contribution in [3.05, 3.63) is 23.9 Å². The standard InChI is InChI=1S/C43H62N6O9S/c1-8-25-23-43(25,39(52)48-59(54,55)28-18-19-28)47-36(50)34-29(9-2)33-24-49(34)38(51)35(41(3,4)5)46-40(53)58-42(6)21-13-15-26(42)14-11-10-12-16-31-37(57-33)45-32-22-27(56-7)17-20-30(32)44-31/h17,20,22,25-26,28-29,33-35H,8-16,18-19,21,23-24H2,1-7H3,(H,46,53)(H,47,50)(H,48,52). The monoisotopic (exact) mass is 838 g/mol. The highest BCUT2D eigenvalue weighted by Gasteiger charge is 2.63. The zero-order chi connectivity index (χ0) is 42.5. The van der Waals surface area contributed by atoms with Crippen LogP contribution in [0.2, 0.25) is 0 Å². The smallest absolute Gasteiger partial charge is 0.408 e. The number of carbonyl (C=O) groups is 4. The molecule has 1 saturated heterocycles. The van der Waals surface area contributed by atoms with Gasteiger partial charge in [0.15, 0.2) is 0 Å². The van der Waals surface area contributed by atoms with Crippen molar-refractivity contribution < 1.29 is 41.8 Å². The van der Waals surface area contributed by atoms with Crippen LogP contribution >= 0.6 is 0 Å². The van der Waals surface area contributed by atoms with Crippen molar-refractivity contribution in [2.75, 3.05) is 13.7 Å². The van der Waals surface area contributed by atoms with E-state index in [0.29, 0.717) is 60.5 Å². The number of methoxy groups -OCH3 is 1. The van der Waals surface area contributed by atoms with Crippen LogP contribution in [-0.2, 0) is 35.6 Å². The third-order valence-corrected chi connectivity index (χ3v) is 15.4. The number of benzene rings is 1. The van der Waals surface area contributed by atoms with Crippen LogP contribution in [0, 0.1) is 23.2 Å². The van der Waals surface area contributed by atoms with Gasteiger partial charge in [0.05, 0.1) is 29.9 Å². The molecule has 2 aliphatic heterocycles. The number of hydrogen-bond acceptors (Lipinski definition) is 11. The van der Waals surface area contributed by atoms with E-state index in [1.807, 2.05) is 53.7 Å². The highest BCUT2D eigenvalue weighted by atomic mass is 32.2. The van der Waals surface area contributed by atoms with Crippen LogP contribution < -0.4 is 24.8 Å². The maximum atomic E-state index is 15.1. The highest BCUT2D eigenvalue weighted by molar-refractivity contribution is 7.91. The van der Waals surface area contributed by atoms with E-state index in [0.717, 1.165) is 44.9 Å². The summed E-state index contributed by atoms with van der Waals surface area (Å²) in [6, 6.07) is 3.25. The number of hydrogen-bond donors (Lipinski definition) is 3. The summed E-state index contributed by atoms with van der Waals surface area (Å²) >= 11 is 0. The van der Waals surface area contributed by atoms with Crippen LogP contribution in [0.15, 0.2) is 18.2 Å². The Morgan fingerprint density at radius 3 is 2.42 bits per heavy atom. The number of fused-ring (bicyclic) bond motifs is 5. The second-order valence-corrected chi connectivity index (χ2v) is 20.7. The molecule has 4 fully saturated rings. The topological polar surface area (TPSA) is 195 Å². The van der Waals surface area contributed by atoms with Crippen LogP contribution in [0.1, 0.15) is 124 Å². The molecular weight excluding hydrogens is 777 g/mol. The van der Waals surface area contributed by atoms with Gasteiger partial charge < -0.3 is 29.7 Å². The molecule has 5 aliphatic rings. The second kappa shape index (κ2) is 16.3. The lowest BCUT2D eigenvalue weighted by atomic mass is 9.85. The Morgan fingerprint density at radius 1 is 1.02 bits per heavy atom. The van der Waals surface area contributed by atoms with Gasteiger partial charge in [0, 0.05) is 12.0 Å². The van der Waals surface area contributed by atoms with Gasteiger partial charge in [0.25, 0.3) is 5.91 Å². The first-order valence-corrected chi connectivity index (χ1v) is 23.2. The number of carbonyl (C=O) groups excluding carboxylic acids is 4. The minimum Gasteiger partial charge on any atom is -0.497 e. The lowest BCUT2D eigenvalue weighted by molar-refractivity contribution is -0.144. The molecule has 16 heteroatoms. The zero-order valence-corrected chi connectivity index (χ0v) is 36.4. The van der Waals surface area contributed by atoms with Crippen LogP contribution in [0.3, 0.4) is 0 Å². The third kappa shape index (κ3) is 8.70. The lowest BCUT2D eigenvalue weighted by Crippen LogP contribution is -2.61. The van der Waals surface area contributed by atoms with Gasteiger partial charge in [-0.2, -0.15) is 0 Å². The molecule has 8 atom stereocenters. The molecule has 1 aromatic heterocycles. The minimum absolute atomic E-state index is 0.0255. The Bertz CT molecular complexity index is 2070. The maximum Gasteiger partial charge on any atom is 0.408 e. The summed E-state index contributed by atoms with van der Waals surface area (Å²) in [5.74, 6) is -1.65. The second-order valence-electron chi connectivity index (χ2n) is 18.8. The predicted molar refractivity (Wildman–Crippen MR) is 220 cm³/mol. The Balaban J connectivity index is 1.28. The fourth-order valence-corrected chi connectivity index (χ4v) is 11.1. The van der Waals surface area contributed by atoms with Crippen LogP contribution in [0.5, 0.6) is 11.6 Å². The zero-order valence-electron chi connectivity index (χ0n) is 35.6. The van der Waals surface area contributed by atoms with Crippen molar-refractivity contribution in [2.45, 2.75) is 160 Å². The normalized spacial score (nSPS) is 31.7. The number of alkyl carbamates (subject to hydrolysis) is 1. The molecule has 7 rings (SSSR count). The summed E-state index contributed by atoms with van der Waals surface area (Å²) in [7, 11) is -2.31. The number of ether oxygens (including phenoxy) is 3. The van der Waals surface area contributed by atoms with E-state index in [1.54, 1.807) is 13.2 Å². The molecule has 59 heavy (non-hydrogen) atoms. The van der Waals surface area contributed by atoms with Crippen LogP contribution in [0.4, 0.5) is 4.79 Å². The molecule has 3 heterocycles. The van der Waals surface area contributed by atoms with E-state index < -0.39 is 79.7 Å². The first kappa shape index (κ1) is 42.9. The number of amides is 4. The molecule has 2 aromatic rings. The lowest BCUT2D eigenvalue weighted by Gasteiger charge is -2.37. The highest BCUT2D eigenvalue weighted by Crippen LogP contribution is 2.47. The number of nitrogens with zero attached hydrogens (tertiary/aromatic N) is 3. The van der Waals surface area contributed by atoms with Crippen molar-refractivity contribution in [1.29, 1.82) is 0 Å². The van der Waals surface area contributed by atoms with E-state index >= 15 is 4.79 Å². The molecule has 0 spiro atoms. The maximum absolute atomic E-state index is 15.1. The Kier molecular flexibility index (Phi) is 11.9. The van der Waals surface area contributed by atoms with Gasteiger partial charge in [-0.3, -0.25) is 19.1 Å². The van der Waals surface area contributed by atoms with Crippen molar-refractivity contribution in [2.24, 2.45) is 23.2 Å². The number of sulfonamides is 1. The van der Waals surface area contributed by atoms with Gasteiger partial charge in [-0.05, 0) is 101 Å². The van der Waals surface area contributed by atoms with Crippen molar-refractivity contribution >= 4 is 44.9 Å². The van der Waals surface area contributed by atoms with Gasteiger partial charge in [-0.25, -0.2) is 23.2 Å². The molecule has 3 N–H and O–H groups in total. The fraction of sp³-hybridized carbons (Fsp3) is 0.721. The van der Waals surface area contributed by atoms with Crippen LogP contribution in [0.25, 0.3) is 11.0 Å². The first-order chi connectivity index (χ1) is 27.9. The van der Waals surface area contributed by atoms with Crippen LogP contribution in [-0.4, -0.2) is 95.3 Å². The number of rotatable bonds is 8. The van der Waals surface area contributed by atoms with Gasteiger partial charge in [-0.15, -0.1) is 0 Å².